The molecule has 0 aromatic carbocycles. The zero-order valence-electron chi connectivity index (χ0n) is 14.2. The molecule has 5 amide bonds. The molecule has 0 aromatic rings. The van der Waals surface area contributed by atoms with Gasteiger partial charge in [0.05, 0.1) is 0 Å². The van der Waals surface area contributed by atoms with E-state index < -0.39 is 76.4 Å². The van der Waals surface area contributed by atoms with E-state index in [1.165, 1.54) is 10.6 Å². The maximum atomic E-state index is 12.9. The number of alkyl halides is 10. The molecule has 0 saturated heterocycles. The van der Waals surface area contributed by atoms with Gasteiger partial charge in [-0.2, -0.15) is 0 Å². The van der Waals surface area contributed by atoms with Crippen molar-refractivity contribution in [2.45, 2.75) is 16.4 Å². The van der Waals surface area contributed by atoms with Crippen LogP contribution in [0.15, 0.2) is 0 Å². The third kappa shape index (κ3) is 8.81. The average Bonchev–Trinajstić information content (AvgIpc) is 2.59. The first-order valence-electron chi connectivity index (χ1n) is 6.82. The van der Waals surface area contributed by atoms with Crippen molar-refractivity contribution in [1.29, 1.82) is 0 Å². The number of rotatable bonds is 8. The molecule has 21 heteroatoms. The summed E-state index contributed by atoms with van der Waals surface area (Å²) in [5.74, 6) is -11.1. The molecule has 0 spiro atoms. The van der Waals surface area contributed by atoms with Gasteiger partial charge in [-0.1, -0.05) is 0 Å². The predicted molar refractivity (Wildman–Crippen MR) is 107 cm³/mol. The fraction of sp³-hybridized carbons (Fsp3) is 0.500. The molecule has 182 valence electrons. The first-order valence-corrected chi connectivity index (χ1v) is 14.5. The molecule has 0 aliphatic rings. The zero-order valence-corrected chi connectivity index (χ0v) is 20.2. The minimum absolute atomic E-state index is 0.855. The second-order valence-electron chi connectivity index (χ2n) is 4.85. The number of nitrogens with one attached hydrogen (secondary N) is 5. The van der Waals surface area contributed by atoms with E-state index in [4.69, 9.17) is 34.8 Å². The van der Waals surface area contributed by atoms with Gasteiger partial charge in [0.2, 0.25) is 0 Å². The molecule has 10 nitrogen and oxygen atoms in total. The molecule has 31 heavy (non-hydrogen) atoms. The van der Waals surface area contributed by atoms with Gasteiger partial charge in [-0.25, -0.2) is 0 Å². The number of halogens is 11. The van der Waals surface area contributed by atoms with Crippen molar-refractivity contribution in [1.82, 2.24) is 17.7 Å². The van der Waals surface area contributed by atoms with Gasteiger partial charge >= 0.3 is 195 Å². The van der Waals surface area contributed by atoms with E-state index >= 15 is 0 Å². The Kier molecular flexibility index (Phi) is 10.4. The van der Waals surface area contributed by atoms with E-state index in [2.05, 4.69) is 15.9 Å². The number of carbonyl (C=O) groups is 5. The van der Waals surface area contributed by atoms with Crippen LogP contribution in [0.5, 0.6) is 0 Å². The number of hydrogen-bond acceptors (Lipinski definition) is 5. The fourth-order valence-corrected chi connectivity index (χ4v) is 10.7. The van der Waals surface area contributed by atoms with Gasteiger partial charge in [0.1, 0.15) is 0 Å². The third-order valence-electron chi connectivity index (χ3n) is 2.38. The van der Waals surface area contributed by atoms with Crippen LogP contribution < -0.4 is 17.7 Å². The van der Waals surface area contributed by atoms with Crippen molar-refractivity contribution >= 4 is 98.7 Å². The summed E-state index contributed by atoms with van der Waals surface area (Å²) in [7, 11) is 0. The molecule has 0 radical (unpaired) electrons. The van der Waals surface area contributed by atoms with Crippen LogP contribution in [0.1, 0.15) is 0 Å². The Balaban J connectivity index is 7.15. The SMILES string of the molecule is O=C(CF)NI(NC(=O)CBr)(NC(=O)C(F)F)(NC(=O)C(F)(F)F)NC(=O)C(Cl)(Cl)Cl. The van der Waals surface area contributed by atoms with E-state index in [0.29, 0.717) is 0 Å². The Labute approximate surface area is 194 Å². The van der Waals surface area contributed by atoms with Crippen molar-refractivity contribution < 1.29 is 50.3 Å². The molecule has 0 fully saturated rings. The van der Waals surface area contributed by atoms with E-state index in [0.717, 1.165) is 7.06 Å². The summed E-state index contributed by atoms with van der Waals surface area (Å²) in [5.41, 5.74) is 0. The summed E-state index contributed by atoms with van der Waals surface area (Å²) in [6.45, 7) is -2.09. The van der Waals surface area contributed by atoms with Crippen LogP contribution in [0, 0.1) is 0 Å². The van der Waals surface area contributed by atoms with Gasteiger partial charge in [-0.15, -0.1) is 0 Å². The molecule has 0 unspecified atom stereocenters. The Morgan fingerprint density at radius 3 is 1.65 bits per heavy atom. The Morgan fingerprint density at radius 2 is 1.29 bits per heavy atom. The van der Waals surface area contributed by atoms with Gasteiger partial charge in [0.25, 0.3) is 0 Å². The van der Waals surface area contributed by atoms with Gasteiger partial charge in [-0.3, -0.25) is 0 Å². The predicted octanol–water partition coefficient (Wildman–Crippen LogP) is 1.28. The number of carbonyl (C=O) groups excluding carboxylic acids is 5. The molecule has 0 aliphatic heterocycles. The van der Waals surface area contributed by atoms with Crippen molar-refractivity contribution in [3.05, 3.63) is 0 Å². The summed E-state index contributed by atoms with van der Waals surface area (Å²) in [4.78, 5) is 59.1. The molecule has 0 aliphatic carbocycles. The molecule has 0 atom stereocenters. The normalized spacial score (nSPS) is 13.5. The zero-order chi connectivity index (χ0) is 24.9. The van der Waals surface area contributed by atoms with E-state index in [1.807, 2.05) is 0 Å². The summed E-state index contributed by atoms with van der Waals surface area (Å²) >= 11 is 10.7. The maximum absolute atomic E-state index is 12.9. The summed E-state index contributed by atoms with van der Waals surface area (Å²) in [6, 6.07) is 0. The molecule has 5 N–H and O–H groups in total. The molecule has 0 rings (SSSR count). The first kappa shape index (κ1) is 30.0. The quantitative estimate of drug-likeness (QED) is 0.112. The molecule has 0 heterocycles. The molecule has 0 aromatic heterocycles. The minimum atomic E-state index is -7.56. The van der Waals surface area contributed by atoms with Crippen LogP contribution in [0.3, 0.4) is 0 Å². The second kappa shape index (κ2) is 10.8. The monoisotopic (exact) mass is 705 g/mol. The topological polar surface area (TPSA) is 146 Å². The standard InChI is InChI=1S/C10H10BrCl3F6IN5O5/c11-1-3(27)22-21(23-4(28)2-15,24-6(29)5(16)17,25-7(30)9(12,13)14)26-8(31)10(18,19)20/h5H,1-2H2,(H,22,27)(H,23,28)(H,24,29)(H,25,30)(H,26,31). The Morgan fingerprint density at radius 1 is 0.839 bits per heavy atom. The van der Waals surface area contributed by atoms with Crippen LogP contribution >= 0.6 is 69.1 Å². The van der Waals surface area contributed by atoms with Crippen LogP contribution in [0.2, 0.25) is 0 Å². The van der Waals surface area contributed by atoms with E-state index in [1.54, 1.807) is 0 Å². The number of amides is 5. The van der Waals surface area contributed by atoms with E-state index in [9.17, 15) is 50.3 Å². The third-order valence-corrected chi connectivity index (χ3v) is 11.5. The fourth-order valence-electron chi connectivity index (χ4n) is 1.39. The molecular formula is C10H10BrCl3F6IN5O5. The summed E-state index contributed by atoms with van der Waals surface area (Å²) in [6.07, 6.45) is -9.89. The number of hydrogen-bond donors (Lipinski definition) is 5. The van der Waals surface area contributed by atoms with Crippen molar-refractivity contribution in [3.8, 4) is 0 Å². The Hall–Kier alpha value is -0.990. The van der Waals surface area contributed by atoms with Crippen LogP contribution in [-0.2, 0) is 24.0 Å². The van der Waals surface area contributed by atoms with Crippen LogP contribution in [0.25, 0.3) is 0 Å². The average molecular weight is 707 g/mol. The summed E-state index contributed by atoms with van der Waals surface area (Å²) < 4.78 is 80.3. The van der Waals surface area contributed by atoms with Crippen LogP contribution in [-0.4, -0.2) is 57.9 Å². The van der Waals surface area contributed by atoms with Crippen molar-refractivity contribution in [2.24, 2.45) is 0 Å². The molecular weight excluding hydrogens is 697 g/mol. The molecule has 0 bridgehead atoms. The Bertz CT molecular complexity index is 720. The van der Waals surface area contributed by atoms with Gasteiger partial charge in [0.15, 0.2) is 0 Å². The van der Waals surface area contributed by atoms with E-state index in [-0.39, 0.29) is 0 Å². The first-order chi connectivity index (χ1) is 13.8. The van der Waals surface area contributed by atoms with Crippen molar-refractivity contribution in [3.63, 3.8) is 0 Å². The van der Waals surface area contributed by atoms with Crippen LogP contribution in [0.4, 0.5) is 26.3 Å². The molecule has 0 saturated carbocycles. The van der Waals surface area contributed by atoms with Gasteiger partial charge in [0, 0.05) is 0 Å². The summed E-state index contributed by atoms with van der Waals surface area (Å²) in [5, 5.41) is -0.855. The van der Waals surface area contributed by atoms with Gasteiger partial charge in [-0.05, 0) is 0 Å². The van der Waals surface area contributed by atoms with Gasteiger partial charge < -0.3 is 0 Å². The second-order valence-corrected chi connectivity index (χ2v) is 15.8. The van der Waals surface area contributed by atoms with Crippen molar-refractivity contribution in [2.75, 3.05) is 12.0 Å².